The van der Waals surface area contributed by atoms with Crippen molar-refractivity contribution in [3.63, 3.8) is 0 Å². The van der Waals surface area contributed by atoms with Gasteiger partial charge in [-0.15, -0.1) is 12.6 Å². The number of nitrogens with zero attached hydrogens (tertiary/aromatic N) is 3. The molecule has 6 rings (SSSR count). The molecule has 0 unspecified atom stereocenters. The van der Waals surface area contributed by atoms with Gasteiger partial charge >= 0.3 is 29.4 Å². The standard InChI is InChI=1S/C34H31N3O8S/c1-21(38)42-20-27(43-22(2)39)34(24-13-7-4-8-14-24)31(44-23(3)40)30-32(45-34)36(26-17-11-6-12-18-26)33-35(25-15-9-5-10-16-25)28(41)19-29(46)37(30)33/h4-19,27,30-32H,20H2,1-3H3/p+1/t27-,30-,31-,32+,34-/m1/s1. The topological polar surface area (TPSA) is 117 Å². The number of benzene rings is 3. The van der Waals surface area contributed by atoms with Crippen molar-refractivity contribution in [1.82, 2.24) is 4.57 Å². The minimum Gasteiger partial charge on any atom is -0.462 e. The molecule has 12 heteroatoms. The van der Waals surface area contributed by atoms with Gasteiger partial charge in [0.15, 0.2) is 23.9 Å². The van der Waals surface area contributed by atoms with Crippen LogP contribution in [-0.4, -0.2) is 47.5 Å². The van der Waals surface area contributed by atoms with Crippen molar-refractivity contribution in [2.24, 2.45) is 0 Å². The van der Waals surface area contributed by atoms with E-state index in [1.165, 1.54) is 26.8 Å². The van der Waals surface area contributed by atoms with E-state index < -0.39 is 48.0 Å². The van der Waals surface area contributed by atoms with Gasteiger partial charge in [-0.1, -0.05) is 66.7 Å². The first-order chi connectivity index (χ1) is 22.1. The average Bonchev–Trinajstić information content (AvgIpc) is 3.52. The predicted octanol–water partition coefficient (Wildman–Crippen LogP) is 3.78. The number of esters is 3. The number of aromatic nitrogens is 2. The van der Waals surface area contributed by atoms with Crippen LogP contribution in [0.1, 0.15) is 32.4 Å². The van der Waals surface area contributed by atoms with Crippen LogP contribution in [0.25, 0.3) is 5.69 Å². The Hall–Kier alpha value is -4.94. The third-order valence-electron chi connectivity index (χ3n) is 8.04. The zero-order valence-electron chi connectivity index (χ0n) is 25.3. The fourth-order valence-corrected chi connectivity index (χ4v) is 6.74. The molecular formula is C34H32N3O8S+. The molecule has 5 atom stereocenters. The predicted molar refractivity (Wildman–Crippen MR) is 168 cm³/mol. The Morgan fingerprint density at radius 1 is 0.870 bits per heavy atom. The minimum absolute atomic E-state index is 0.286. The average molecular weight is 643 g/mol. The van der Waals surface area contributed by atoms with Crippen LogP contribution >= 0.6 is 12.6 Å². The fraction of sp³-hybridized carbons (Fsp3) is 0.265. The maximum absolute atomic E-state index is 13.7. The van der Waals surface area contributed by atoms with E-state index in [0.29, 0.717) is 22.9 Å². The van der Waals surface area contributed by atoms with E-state index in [0.717, 1.165) is 0 Å². The second-order valence-electron chi connectivity index (χ2n) is 11.0. The monoisotopic (exact) mass is 642 g/mol. The summed E-state index contributed by atoms with van der Waals surface area (Å²) >= 11 is 4.78. The molecule has 1 saturated heterocycles. The van der Waals surface area contributed by atoms with Gasteiger partial charge < -0.3 is 18.9 Å². The minimum atomic E-state index is -1.69. The molecule has 46 heavy (non-hydrogen) atoms. The molecule has 1 fully saturated rings. The molecule has 236 valence electrons. The van der Waals surface area contributed by atoms with Gasteiger partial charge in [-0.05, 0) is 29.8 Å². The summed E-state index contributed by atoms with van der Waals surface area (Å²) in [5, 5.41) is 0.286. The molecule has 0 radical (unpaired) electrons. The summed E-state index contributed by atoms with van der Waals surface area (Å²) in [5.41, 5.74) is -0.247. The van der Waals surface area contributed by atoms with Crippen molar-refractivity contribution < 1.29 is 37.9 Å². The Labute approximate surface area is 270 Å². The molecule has 2 aliphatic heterocycles. The van der Waals surface area contributed by atoms with Gasteiger partial charge in [-0.2, -0.15) is 4.57 Å². The lowest BCUT2D eigenvalue weighted by atomic mass is 9.81. The number of carbonyl (C=O) groups excluding carboxylic acids is 3. The molecule has 11 nitrogen and oxygen atoms in total. The number of ether oxygens (including phenoxy) is 4. The van der Waals surface area contributed by atoms with Crippen molar-refractivity contribution in [2.45, 2.75) is 55.9 Å². The Morgan fingerprint density at radius 3 is 2.02 bits per heavy atom. The number of carbonyl (C=O) groups is 3. The Morgan fingerprint density at radius 2 is 1.46 bits per heavy atom. The van der Waals surface area contributed by atoms with Gasteiger partial charge in [0.25, 0.3) is 0 Å². The molecule has 4 aromatic rings. The van der Waals surface area contributed by atoms with Gasteiger partial charge in [0.05, 0.1) is 6.07 Å². The number of hydrogen-bond acceptors (Lipinski definition) is 10. The van der Waals surface area contributed by atoms with Gasteiger partial charge in [0.1, 0.15) is 23.0 Å². The number of hydrogen-bond donors (Lipinski definition) is 1. The maximum atomic E-state index is 13.7. The Bertz CT molecular complexity index is 1840. The lowest BCUT2D eigenvalue weighted by Gasteiger charge is -2.40. The van der Waals surface area contributed by atoms with Crippen LogP contribution in [0.3, 0.4) is 0 Å². The molecule has 2 aliphatic rings. The quantitative estimate of drug-likeness (QED) is 0.101. The van der Waals surface area contributed by atoms with E-state index in [1.54, 1.807) is 33.4 Å². The lowest BCUT2D eigenvalue weighted by Crippen LogP contribution is -2.58. The highest BCUT2D eigenvalue weighted by Gasteiger charge is 2.71. The highest BCUT2D eigenvalue weighted by molar-refractivity contribution is 7.80. The smallest absolute Gasteiger partial charge is 0.376 e. The normalized spacial score (nSPS) is 22.0. The van der Waals surface area contributed by atoms with Crippen LogP contribution in [0.2, 0.25) is 0 Å². The van der Waals surface area contributed by atoms with Crippen molar-refractivity contribution >= 4 is 42.2 Å². The SMILES string of the molecule is CC(=O)OC[C@@H](OC(C)=O)[C@@]1(c2ccccc2)O[C@H]2[C@@H]([C@H]1OC(C)=O)[n+]1c(S)cc(=O)n(-c3ccccc3)c1N2c1ccccc1. The highest BCUT2D eigenvalue weighted by Crippen LogP contribution is 2.54. The Balaban J connectivity index is 1.68. The summed E-state index contributed by atoms with van der Waals surface area (Å²) in [7, 11) is 0. The number of rotatable bonds is 8. The van der Waals surface area contributed by atoms with Crippen molar-refractivity contribution in [3.8, 4) is 5.69 Å². The van der Waals surface area contributed by atoms with Gasteiger partial charge in [-0.3, -0.25) is 19.2 Å². The molecule has 0 N–H and O–H groups in total. The summed E-state index contributed by atoms with van der Waals surface area (Å²) in [6.07, 6.45) is -3.37. The molecule has 0 amide bonds. The molecule has 3 aromatic carbocycles. The highest BCUT2D eigenvalue weighted by atomic mass is 32.1. The molecule has 0 aliphatic carbocycles. The van der Waals surface area contributed by atoms with Crippen LogP contribution in [0, 0.1) is 0 Å². The number of thiol groups is 1. The summed E-state index contributed by atoms with van der Waals surface area (Å²) in [6.45, 7) is 3.37. The van der Waals surface area contributed by atoms with Crippen LogP contribution in [0.15, 0.2) is 107 Å². The second kappa shape index (κ2) is 12.5. The van der Waals surface area contributed by atoms with Gasteiger partial charge in [-0.25, -0.2) is 9.47 Å². The van der Waals surface area contributed by atoms with Gasteiger partial charge in [0, 0.05) is 20.8 Å². The first kappa shape index (κ1) is 31.1. The summed E-state index contributed by atoms with van der Waals surface area (Å²) in [5.74, 6) is -1.47. The maximum Gasteiger partial charge on any atom is 0.376 e. The van der Waals surface area contributed by atoms with Crippen molar-refractivity contribution in [3.05, 3.63) is 113 Å². The van der Waals surface area contributed by atoms with Crippen LogP contribution in [-0.2, 0) is 38.9 Å². The van der Waals surface area contributed by atoms with E-state index in [-0.39, 0.29) is 17.2 Å². The third-order valence-corrected chi connectivity index (χ3v) is 8.38. The van der Waals surface area contributed by atoms with Crippen molar-refractivity contribution in [1.29, 1.82) is 0 Å². The number of fused-ring (bicyclic) bond motifs is 3. The lowest BCUT2D eigenvalue weighted by molar-refractivity contribution is -0.743. The molecule has 0 saturated carbocycles. The number of anilines is 2. The zero-order chi connectivity index (χ0) is 32.6. The molecule has 1 aromatic heterocycles. The van der Waals surface area contributed by atoms with E-state index in [4.69, 9.17) is 31.6 Å². The first-order valence-electron chi connectivity index (χ1n) is 14.6. The fourth-order valence-electron chi connectivity index (χ4n) is 6.41. The molecule has 3 heterocycles. The molecular weight excluding hydrogens is 610 g/mol. The van der Waals surface area contributed by atoms with Crippen LogP contribution in [0.5, 0.6) is 0 Å². The summed E-state index contributed by atoms with van der Waals surface area (Å²) in [6, 6.07) is 27.9. The van der Waals surface area contributed by atoms with E-state index in [1.807, 2.05) is 71.6 Å². The zero-order valence-corrected chi connectivity index (χ0v) is 26.2. The number of para-hydroxylation sites is 2. The van der Waals surface area contributed by atoms with E-state index >= 15 is 0 Å². The first-order valence-corrected chi connectivity index (χ1v) is 15.1. The molecule has 0 spiro atoms. The molecule has 0 bridgehead atoms. The van der Waals surface area contributed by atoms with Crippen LogP contribution in [0.4, 0.5) is 11.6 Å². The summed E-state index contributed by atoms with van der Waals surface area (Å²) in [4.78, 5) is 53.2. The Kier molecular flexibility index (Phi) is 8.41. The van der Waals surface area contributed by atoms with Crippen LogP contribution < -0.4 is 15.0 Å². The van der Waals surface area contributed by atoms with E-state index in [9.17, 15) is 19.2 Å². The third kappa shape index (κ3) is 5.33. The summed E-state index contributed by atoms with van der Waals surface area (Å²) < 4.78 is 27.9. The largest absolute Gasteiger partial charge is 0.462 e. The van der Waals surface area contributed by atoms with E-state index in [2.05, 4.69) is 0 Å². The second-order valence-corrected chi connectivity index (χ2v) is 11.4. The van der Waals surface area contributed by atoms with Crippen molar-refractivity contribution in [2.75, 3.05) is 11.5 Å². The van der Waals surface area contributed by atoms with Gasteiger partial charge in [0.2, 0.25) is 6.23 Å².